The van der Waals surface area contributed by atoms with E-state index >= 15 is 0 Å². The standard InChI is InChI=1S/C20H26N8O2S.C2HF3O2/c1-26-12-14(2-3-17(26)29)23-19-18-15(5-11-31(18)30)24-20(25-19)28-9-7-27(8-10-28)16-4-6-21-13-22-16;3-2(4,5)1(6)7/h4,6,13-14H,2-3,5,7-12H2,1H3,(H,23,24,25);(H,6,7)/t14-,31?;/m0./s1. The minimum absolute atomic E-state index is 0.0989. The van der Waals surface area contributed by atoms with E-state index in [1.54, 1.807) is 17.4 Å². The van der Waals surface area contributed by atoms with Gasteiger partial charge in [0.2, 0.25) is 16.8 Å². The van der Waals surface area contributed by atoms with Crippen LogP contribution in [0.15, 0.2) is 23.5 Å². The molecule has 0 spiro atoms. The van der Waals surface area contributed by atoms with E-state index in [-0.39, 0.29) is 11.9 Å². The molecule has 1 amide bonds. The molecule has 3 aliphatic heterocycles. The quantitative estimate of drug-likeness (QED) is 0.518. The number of piperidine rings is 1. The highest BCUT2D eigenvalue weighted by Crippen LogP contribution is 2.33. The Morgan fingerprint density at radius 3 is 2.47 bits per heavy atom. The van der Waals surface area contributed by atoms with Crippen molar-refractivity contribution in [3.63, 3.8) is 0 Å². The fourth-order valence-electron chi connectivity index (χ4n) is 4.35. The lowest BCUT2D eigenvalue weighted by atomic mass is 10.1. The number of amides is 1. The van der Waals surface area contributed by atoms with Crippen molar-refractivity contribution in [1.82, 2.24) is 24.8 Å². The summed E-state index contributed by atoms with van der Waals surface area (Å²) in [7, 11) is 1.82. The number of carbonyl (C=O) groups excluding carboxylic acids is 1. The number of nitrogens with one attached hydrogen (secondary N) is 1. The number of aliphatic carboxylic acids is 1. The molecule has 1 unspecified atom stereocenters. The number of hydrogen-bond donors (Lipinski definition) is 2. The number of rotatable bonds is 4. The molecule has 5 heterocycles. The Kier molecular flexibility index (Phi) is 8.40. The zero-order valence-electron chi connectivity index (χ0n) is 20.5. The first-order valence-electron chi connectivity index (χ1n) is 11.9. The van der Waals surface area contributed by atoms with Crippen molar-refractivity contribution in [2.75, 3.05) is 60.6 Å². The van der Waals surface area contributed by atoms with Gasteiger partial charge in [0, 0.05) is 64.9 Å². The smallest absolute Gasteiger partial charge is 0.490 e. The maximum absolute atomic E-state index is 12.6. The monoisotopic (exact) mass is 556 g/mol. The molecular weight excluding hydrogens is 529 g/mol. The summed E-state index contributed by atoms with van der Waals surface area (Å²) in [6, 6.07) is 2.02. The molecule has 2 aromatic heterocycles. The van der Waals surface area contributed by atoms with Crippen molar-refractivity contribution in [3.05, 3.63) is 24.3 Å². The summed E-state index contributed by atoms with van der Waals surface area (Å²) in [6.07, 6.45) is 0.215. The Bertz CT molecular complexity index is 1150. The number of halogens is 3. The first kappa shape index (κ1) is 27.6. The molecule has 38 heavy (non-hydrogen) atoms. The molecule has 0 saturated carbocycles. The lowest BCUT2D eigenvalue weighted by Gasteiger charge is -2.35. The largest absolute Gasteiger partial charge is 0.611 e. The summed E-state index contributed by atoms with van der Waals surface area (Å²) in [5.74, 6) is 0.277. The molecule has 0 aromatic carbocycles. The van der Waals surface area contributed by atoms with Gasteiger partial charge in [0.15, 0.2) is 5.82 Å². The third-order valence-electron chi connectivity index (χ3n) is 6.34. The van der Waals surface area contributed by atoms with Gasteiger partial charge in [0.05, 0.1) is 0 Å². The number of carbonyl (C=O) groups is 2. The van der Waals surface area contributed by atoms with Gasteiger partial charge in [-0.15, -0.1) is 0 Å². The molecule has 206 valence electrons. The average molecular weight is 557 g/mol. The van der Waals surface area contributed by atoms with E-state index in [2.05, 4.69) is 25.1 Å². The molecule has 2 fully saturated rings. The van der Waals surface area contributed by atoms with Crippen LogP contribution in [0.3, 0.4) is 0 Å². The number of likely N-dealkylation sites (tertiary alicyclic amines) is 1. The minimum atomic E-state index is -5.08. The SMILES string of the molecule is CN1C[C@@H](Nc2nc(N3CCN(c4ccncn4)CC3)nc3c2[S+]([O-])CC3)CCC1=O.O=C(O)C(F)(F)F. The van der Waals surface area contributed by atoms with Gasteiger partial charge >= 0.3 is 12.1 Å². The van der Waals surface area contributed by atoms with Crippen LogP contribution in [0.5, 0.6) is 0 Å². The zero-order chi connectivity index (χ0) is 27.4. The van der Waals surface area contributed by atoms with Gasteiger partial charge in [-0.05, 0) is 23.7 Å². The van der Waals surface area contributed by atoms with Gasteiger partial charge < -0.3 is 29.7 Å². The molecule has 2 N–H and O–H groups in total. The van der Waals surface area contributed by atoms with Crippen molar-refractivity contribution in [2.45, 2.75) is 36.4 Å². The summed E-state index contributed by atoms with van der Waals surface area (Å²) >= 11 is -1.08. The van der Waals surface area contributed by atoms with Gasteiger partial charge in [-0.1, -0.05) is 0 Å². The Labute approximate surface area is 219 Å². The second-order valence-electron chi connectivity index (χ2n) is 8.95. The molecule has 0 radical (unpaired) electrons. The van der Waals surface area contributed by atoms with Crippen LogP contribution in [0.2, 0.25) is 0 Å². The highest BCUT2D eigenvalue weighted by molar-refractivity contribution is 7.91. The molecule has 12 nitrogen and oxygen atoms in total. The Balaban J connectivity index is 0.000000426. The van der Waals surface area contributed by atoms with E-state index in [1.807, 2.05) is 13.1 Å². The van der Waals surface area contributed by atoms with Crippen molar-refractivity contribution in [3.8, 4) is 0 Å². The number of fused-ring (bicyclic) bond motifs is 1. The Morgan fingerprint density at radius 1 is 1.18 bits per heavy atom. The summed E-state index contributed by atoms with van der Waals surface area (Å²) in [5, 5.41) is 10.6. The van der Waals surface area contributed by atoms with Crippen LogP contribution in [0.1, 0.15) is 18.5 Å². The van der Waals surface area contributed by atoms with Gasteiger partial charge in [0.1, 0.15) is 23.6 Å². The molecule has 5 rings (SSSR count). The Morgan fingerprint density at radius 2 is 1.87 bits per heavy atom. The molecular formula is C22H27F3N8O4S. The highest BCUT2D eigenvalue weighted by Gasteiger charge is 2.38. The van der Waals surface area contributed by atoms with Crippen LogP contribution in [-0.2, 0) is 27.2 Å². The summed E-state index contributed by atoms with van der Waals surface area (Å²) < 4.78 is 44.4. The second-order valence-corrected chi connectivity index (χ2v) is 10.5. The summed E-state index contributed by atoms with van der Waals surface area (Å²) in [5.41, 5.74) is 0.879. The van der Waals surface area contributed by atoms with Gasteiger partial charge in [0.25, 0.3) is 0 Å². The van der Waals surface area contributed by atoms with E-state index in [0.717, 1.165) is 49.0 Å². The predicted octanol–water partition coefficient (Wildman–Crippen LogP) is 0.923. The number of carboxylic acids is 1. The van der Waals surface area contributed by atoms with Gasteiger partial charge in [-0.2, -0.15) is 18.2 Å². The topological polar surface area (TPSA) is 151 Å². The van der Waals surface area contributed by atoms with Crippen molar-refractivity contribution in [2.24, 2.45) is 0 Å². The third kappa shape index (κ3) is 6.53. The first-order valence-corrected chi connectivity index (χ1v) is 13.2. The number of aromatic nitrogens is 4. The van der Waals surface area contributed by atoms with Crippen LogP contribution < -0.4 is 15.1 Å². The number of hydrogen-bond acceptors (Lipinski definition) is 10. The number of anilines is 3. The van der Waals surface area contributed by atoms with Crippen LogP contribution in [0, 0.1) is 0 Å². The fraction of sp³-hybridized carbons (Fsp3) is 0.545. The average Bonchev–Trinajstić information content (AvgIpc) is 3.27. The number of aryl methyl sites for hydroxylation is 1. The number of alkyl halides is 3. The summed E-state index contributed by atoms with van der Waals surface area (Å²) in [6.45, 7) is 3.83. The molecule has 0 aliphatic carbocycles. The lowest BCUT2D eigenvalue weighted by molar-refractivity contribution is -0.192. The van der Waals surface area contributed by atoms with Crippen LogP contribution in [0.4, 0.5) is 30.8 Å². The second kappa shape index (κ2) is 11.6. The van der Waals surface area contributed by atoms with Gasteiger partial charge in [-0.3, -0.25) is 4.79 Å². The number of carboxylic acid groups (broad SMARTS) is 1. The molecule has 0 bridgehead atoms. The molecule has 2 saturated heterocycles. The predicted molar refractivity (Wildman–Crippen MR) is 131 cm³/mol. The highest BCUT2D eigenvalue weighted by atomic mass is 32.2. The number of nitrogens with zero attached hydrogens (tertiary/aromatic N) is 7. The maximum atomic E-state index is 12.6. The van der Waals surface area contributed by atoms with Crippen molar-refractivity contribution < 1.29 is 32.4 Å². The molecule has 2 atom stereocenters. The Hall–Kier alpha value is -3.40. The van der Waals surface area contributed by atoms with Crippen molar-refractivity contribution >= 4 is 40.6 Å². The first-order chi connectivity index (χ1) is 18.0. The number of likely N-dealkylation sites (N-methyl/N-ethyl adjacent to an activating group) is 1. The van der Waals surface area contributed by atoms with E-state index in [9.17, 15) is 22.5 Å². The number of piperazine rings is 1. The molecule has 3 aliphatic rings. The van der Waals surface area contributed by atoms with E-state index in [4.69, 9.17) is 19.9 Å². The van der Waals surface area contributed by atoms with Crippen LogP contribution >= 0.6 is 0 Å². The molecule has 2 aromatic rings. The zero-order valence-corrected chi connectivity index (χ0v) is 21.3. The third-order valence-corrected chi connectivity index (χ3v) is 7.80. The van der Waals surface area contributed by atoms with Crippen LogP contribution in [0.25, 0.3) is 0 Å². The lowest BCUT2D eigenvalue weighted by Crippen LogP contribution is -2.47. The van der Waals surface area contributed by atoms with E-state index in [1.165, 1.54) is 0 Å². The van der Waals surface area contributed by atoms with Gasteiger partial charge in [-0.25, -0.2) is 19.7 Å². The summed E-state index contributed by atoms with van der Waals surface area (Å²) in [4.78, 5) is 45.5. The molecule has 16 heteroatoms. The normalized spacial score (nSPS) is 21.5. The maximum Gasteiger partial charge on any atom is 0.490 e. The fourth-order valence-corrected chi connectivity index (χ4v) is 5.67. The van der Waals surface area contributed by atoms with E-state index in [0.29, 0.717) is 36.9 Å². The van der Waals surface area contributed by atoms with Crippen LogP contribution in [-0.4, -0.2) is 104 Å². The minimum Gasteiger partial charge on any atom is -0.611 e. The van der Waals surface area contributed by atoms with E-state index < -0.39 is 23.3 Å². The van der Waals surface area contributed by atoms with Crippen molar-refractivity contribution in [1.29, 1.82) is 0 Å².